The van der Waals surface area contributed by atoms with Crippen LogP contribution in [0.3, 0.4) is 0 Å². The first kappa shape index (κ1) is 14.9. The number of nitrogens with zero attached hydrogens (tertiary/aromatic N) is 1. The second-order valence-corrected chi connectivity index (χ2v) is 6.49. The van der Waals surface area contributed by atoms with Crippen molar-refractivity contribution in [1.82, 2.24) is 4.90 Å². The topological polar surface area (TPSA) is 40.5 Å². The van der Waals surface area contributed by atoms with Gasteiger partial charge in [0.25, 0.3) is 0 Å². The molecule has 3 nitrogen and oxygen atoms in total. The van der Waals surface area contributed by atoms with Gasteiger partial charge in [-0.05, 0) is 60.1 Å². The van der Waals surface area contributed by atoms with Gasteiger partial charge in [-0.1, -0.05) is 12.1 Å². The molecule has 4 heteroatoms. The number of carbonyl (C=O) groups is 1. The minimum atomic E-state index is -0.162. The molecule has 104 valence electrons. The quantitative estimate of drug-likeness (QED) is 0.825. The largest absolute Gasteiger partial charge is 0.393 e. The maximum absolute atomic E-state index is 11.9. The zero-order valence-electron chi connectivity index (χ0n) is 11.2. The summed E-state index contributed by atoms with van der Waals surface area (Å²) in [5.41, 5.74) is 1.10. The molecule has 1 unspecified atom stereocenters. The van der Waals surface area contributed by atoms with E-state index in [-0.39, 0.29) is 17.8 Å². The van der Waals surface area contributed by atoms with Crippen LogP contribution in [0.2, 0.25) is 0 Å². The van der Waals surface area contributed by atoms with Crippen molar-refractivity contribution < 1.29 is 9.90 Å². The average Bonchev–Trinajstić information content (AvgIpc) is 2.39. The van der Waals surface area contributed by atoms with E-state index in [1.807, 2.05) is 24.3 Å². The van der Waals surface area contributed by atoms with E-state index in [2.05, 4.69) is 27.5 Å². The Bertz CT molecular complexity index is 424. The highest BCUT2D eigenvalue weighted by Crippen LogP contribution is 2.21. The lowest BCUT2D eigenvalue weighted by Gasteiger charge is -2.32. The fraction of sp³-hybridized carbons (Fsp3) is 0.533. The van der Waals surface area contributed by atoms with Gasteiger partial charge in [-0.2, -0.15) is 0 Å². The van der Waals surface area contributed by atoms with Crippen molar-refractivity contribution in [2.45, 2.75) is 31.8 Å². The fourth-order valence-corrected chi connectivity index (χ4v) is 2.88. The van der Waals surface area contributed by atoms with Crippen molar-refractivity contribution in [3.8, 4) is 0 Å². The molecule has 1 aromatic carbocycles. The van der Waals surface area contributed by atoms with Crippen LogP contribution in [0.4, 0.5) is 0 Å². The maximum Gasteiger partial charge on any atom is 0.138 e. The SMILES string of the molecule is CC(=O)C(CN1CCC(O)CC1)c1ccc(I)cc1. The molecule has 1 heterocycles. The number of hydrogen-bond acceptors (Lipinski definition) is 3. The number of halogens is 1. The molecule has 1 aliphatic heterocycles. The molecular weight excluding hydrogens is 353 g/mol. The highest BCUT2D eigenvalue weighted by Gasteiger charge is 2.23. The Hall–Kier alpha value is -0.460. The first-order valence-corrected chi connectivity index (χ1v) is 7.80. The number of piperidine rings is 1. The number of carbonyl (C=O) groups excluding carboxylic acids is 1. The minimum absolute atomic E-state index is 0.0488. The predicted molar refractivity (Wildman–Crippen MR) is 84.3 cm³/mol. The van der Waals surface area contributed by atoms with Gasteiger partial charge in [-0.15, -0.1) is 0 Å². The monoisotopic (exact) mass is 373 g/mol. The lowest BCUT2D eigenvalue weighted by molar-refractivity contribution is -0.119. The van der Waals surface area contributed by atoms with Gasteiger partial charge >= 0.3 is 0 Å². The van der Waals surface area contributed by atoms with Crippen LogP contribution in [0.25, 0.3) is 0 Å². The van der Waals surface area contributed by atoms with Gasteiger partial charge in [0, 0.05) is 23.2 Å². The lowest BCUT2D eigenvalue weighted by atomic mass is 9.94. The van der Waals surface area contributed by atoms with E-state index in [0.29, 0.717) is 0 Å². The Morgan fingerprint density at radius 2 is 1.95 bits per heavy atom. The smallest absolute Gasteiger partial charge is 0.138 e. The van der Waals surface area contributed by atoms with Gasteiger partial charge in [-0.25, -0.2) is 0 Å². The van der Waals surface area contributed by atoms with Crippen molar-refractivity contribution >= 4 is 28.4 Å². The van der Waals surface area contributed by atoms with Crippen LogP contribution in [0, 0.1) is 3.57 Å². The summed E-state index contributed by atoms with van der Waals surface area (Å²) in [6.07, 6.45) is 1.47. The highest BCUT2D eigenvalue weighted by molar-refractivity contribution is 14.1. The molecule has 1 atom stereocenters. The standard InChI is InChI=1S/C15H20INO2/c1-11(18)15(12-2-4-13(16)5-3-12)10-17-8-6-14(19)7-9-17/h2-5,14-15,19H,6-10H2,1H3. The van der Waals surface area contributed by atoms with E-state index >= 15 is 0 Å². The Morgan fingerprint density at radius 1 is 1.37 bits per heavy atom. The first-order valence-electron chi connectivity index (χ1n) is 6.72. The molecule has 0 aliphatic carbocycles. The highest BCUT2D eigenvalue weighted by atomic mass is 127. The van der Waals surface area contributed by atoms with Crippen LogP contribution in [-0.2, 0) is 4.79 Å². The molecule has 1 aliphatic rings. The molecule has 1 saturated heterocycles. The van der Waals surface area contributed by atoms with Crippen LogP contribution < -0.4 is 0 Å². The summed E-state index contributed by atoms with van der Waals surface area (Å²) in [5.74, 6) is 0.166. The van der Waals surface area contributed by atoms with Crippen molar-refractivity contribution in [2.75, 3.05) is 19.6 Å². The Morgan fingerprint density at radius 3 is 2.47 bits per heavy atom. The Labute approximate surface area is 128 Å². The van der Waals surface area contributed by atoms with Crippen LogP contribution in [0.1, 0.15) is 31.2 Å². The summed E-state index contributed by atoms with van der Waals surface area (Å²) in [7, 11) is 0. The van der Waals surface area contributed by atoms with Gasteiger partial charge in [-0.3, -0.25) is 4.79 Å². The van der Waals surface area contributed by atoms with E-state index in [9.17, 15) is 9.90 Å². The third kappa shape index (κ3) is 4.26. The molecule has 1 N–H and O–H groups in total. The Kier molecular flexibility index (Phi) is 5.36. The lowest BCUT2D eigenvalue weighted by Crippen LogP contribution is -2.39. The van der Waals surface area contributed by atoms with E-state index in [1.54, 1.807) is 6.92 Å². The van der Waals surface area contributed by atoms with E-state index < -0.39 is 0 Å². The third-order valence-corrected chi connectivity index (χ3v) is 4.48. The number of hydrogen-bond donors (Lipinski definition) is 1. The normalized spacial score (nSPS) is 19.3. The second-order valence-electron chi connectivity index (χ2n) is 5.25. The van der Waals surface area contributed by atoms with Gasteiger partial charge < -0.3 is 10.0 Å². The summed E-state index contributed by atoms with van der Waals surface area (Å²) in [4.78, 5) is 14.2. The van der Waals surface area contributed by atoms with Gasteiger partial charge in [0.05, 0.1) is 12.0 Å². The minimum Gasteiger partial charge on any atom is -0.393 e. The summed E-state index contributed by atoms with van der Waals surface area (Å²) >= 11 is 2.27. The number of likely N-dealkylation sites (tertiary alicyclic amines) is 1. The molecule has 0 spiro atoms. The average molecular weight is 373 g/mol. The number of benzene rings is 1. The molecule has 2 rings (SSSR count). The van der Waals surface area contributed by atoms with Crippen molar-refractivity contribution in [2.24, 2.45) is 0 Å². The molecule has 0 bridgehead atoms. The van der Waals surface area contributed by atoms with E-state index in [1.165, 1.54) is 3.57 Å². The van der Waals surface area contributed by atoms with Gasteiger partial charge in [0.1, 0.15) is 5.78 Å². The van der Waals surface area contributed by atoms with Gasteiger partial charge in [0.2, 0.25) is 0 Å². The first-order chi connectivity index (χ1) is 9.06. The number of aliphatic hydroxyl groups excluding tert-OH is 1. The third-order valence-electron chi connectivity index (χ3n) is 3.76. The molecule has 0 radical (unpaired) electrons. The predicted octanol–water partition coefficient (Wildman–Crippen LogP) is 2.42. The van der Waals surface area contributed by atoms with Crippen molar-refractivity contribution in [1.29, 1.82) is 0 Å². The number of aliphatic hydroxyl groups is 1. The fourth-order valence-electron chi connectivity index (χ4n) is 2.52. The summed E-state index contributed by atoms with van der Waals surface area (Å²) in [5, 5.41) is 9.52. The van der Waals surface area contributed by atoms with Crippen LogP contribution in [0.5, 0.6) is 0 Å². The zero-order chi connectivity index (χ0) is 13.8. The van der Waals surface area contributed by atoms with Gasteiger partial charge in [0.15, 0.2) is 0 Å². The van der Waals surface area contributed by atoms with Crippen LogP contribution >= 0.6 is 22.6 Å². The molecular formula is C15H20INO2. The number of Topliss-reactive ketones (excluding diaryl/α,β-unsaturated/α-hetero) is 1. The Balaban J connectivity index is 2.04. The molecule has 1 aromatic rings. The summed E-state index contributed by atoms with van der Waals surface area (Å²) in [6, 6.07) is 8.19. The number of ketones is 1. The number of rotatable bonds is 4. The summed E-state index contributed by atoms with van der Waals surface area (Å²) < 4.78 is 1.18. The van der Waals surface area contributed by atoms with Crippen molar-refractivity contribution in [3.05, 3.63) is 33.4 Å². The molecule has 0 aromatic heterocycles. The maximum atomic E-state index is 11.9. The van der Waals surface area contributed by atoms with Crippen LogP contribution in [0.15, 0.2) is 24.3 Å². The van der Waals surface area contributed by atoms with E-state index in [4.69, 9.17) is 0 Å². The van der Waals surface area contributed by atoms with Crippen molar-refractivity contribution in [3.63, 3.8) is 0 Å². The molecule has 0 amide bonds. The summed E-state index contributed by atoms with van der Waals surface area (Å²) in [6.45, 7) is 4.20. The molecule has 1 fully saturated rings. The van der Waals surface area contributed by atoms with Crippen LogP contribution in [-0.4, -0.2) is 41.5 Å². The zero-order valence-corrected chi connectivity index (χ0v) is 13.3. The van der Waals surface area contributed by atoms with E-state index in [0.717, 1.165) is 38.0 Å². The molecule has 19 heavy (non-hydrogen) atoms. The molecule has 0 saturated carbocycles. The second kappa shape index (κ2) is 6.81.